The van der Waals surface area contributed by atoms with Gasteiger partial charge in [0.05, 0.1) is 0 Å². The highest BCUT2D eigenvalue weighted by atomic mass is 19.1. The zero-order valence-corrected chi connectivity index (χ0v) is 12.5. The molecule has 0 heterocycles. The number of carbonyl (C=O) groups is 2. The highest BCUT2D eigenvalue weighted by molar-refractivity contribution is 6.13. The normalized spacial score (nSPS) is 14.8. The standard InChI is InChI=1S/C18H17FN2O2/c19-14-6-8-15(9-7-14)21-17(23)18(10-11-18)16(22)20-12-13-4-2-1-3-5-13/h1-9H,10-12H2,(H,20,22)(H,21,23). The molecule has 0 atom stereocenters. The van der Waals surface area contributed by atoms with Crippen LogP contribution in [0.15, 0.2) is 54.6 Å². The van der Waals surface area contributed by atoms with E-state index < -0.39 is 5.41 Å². The maximum atomic E-state index is 12.9. The molecule has 118 valence electrons. The summed E-state index contributed by atoms with van der Waals surface area (Å²) >= 11 is 0. The Morgan fingerprint density at radius 1 is 0.957 bits per heavy atom. The highest BCUT2D eigenvalue weighted by Gasteiger charge is 2.56. The van der Waals surface area contributed by atoms with Crippen LogP contribution in [-0.2, 0) is 16.1 Å². The number of benzene rings is 2. The smallest absolute Gasteiger partial charge is 0.240 e. The van der Waals surface area contributed by atoms with E-state index in [2.05, 4.69) is 10.6 Å². The summed E-state index contributed by atoms with van der Waals surface area (Å²) < 4.78 is 12.9. The van der Waals surface area contributed by atoms with Gasteiger partial charge in [0, 0.05) is 12.2 Å². The van der Waals surface area contributed by atoms with Crippen molar-refractivity contribution < 1.29 is 14.0 Å². The van der Waals surface area contributed by atoms with Crippen molar-refractivity contribution in [3.05, 3.63) is 66.0 Å². The van der Waals surface area contributed by atoms with Crippen molar-refractivity contribution in [2.75, 3.05) is 5.32 Å². The Kier molecular flexibility index (Phi) is 4.10. The maximum absolute atomic E-state index is 12.9. The quantitative estimate of drug-likeness (QED) is 0.834. The molecule has 4 nitrogen and oxygen atoms in total. The monoisotopic (exact) mass is 312 g/mol. The van der Waals surface area contributed by atoms with Gasteiger partial charge in [0.1, 0.15) is 11.2 Å². The minimum Gasteiger partial charge on any atom is -0.351 e. The number of halogens is 1. The Hall–Kier alpha value is -2.69. The molecular weight excluding hydrogens is 295 g/mol. The summed E-state index contributed by atoms with van der Waals surface area (Å²) in [4.78, 5) is 24.7. The molecule has 1 aliphatic carbocycles. The minimum absolute atomic E-state index is 0.263. The summed E-state index contributed by atoms with van der Waals surface area (Å²) in [5.41, 5.74) is 0.470. The molecule has 0 aromatic heterocycles. The predicted octanol–water partition coefficient (Wildman–Crippen LogP) is 2.86. The molecule has 0 spiro atoms. The van der Waals surface area contributed by atoms with Gasteiger partial charge >= 0.3 is 0 Å². The lowest BCUT2D eigenvalue weighted by Gasteiger charge is -2.15. The summed E-state index contributed by atoms with van der Waals surface area (Å²) in [5, 5.41) is 5.50. The number of amides is 2. The number of hydrogen-bond donors (Lipinski definition) is 2. The van der Waals surface area contributed by atoms with Crippen LogP contribution in [-0.4, -0.2) is 11.8 Å². The fourth-order valence-corrected chi connectivity index (χ4v) is 2.41. The van der Waals surface area contributed by atoms with E-state index in [0.29, 0.717) is 25.1 Å². The molecule has 2 aromatic rings. The van der Waals surface area contributed by atoms with Gasteiger partial charge in [-0.05, 0) is 42.7 Å². The highest BCUT2D eigenvalue weighted by Crippen LogP contribution is 2.46. The van der Waals surface area contributed by atoms with Crippen molar-refractivity contribution in [2.45, 2.75) is 19.4 Å². The van der Waals surface area contributed by atoms with Gasteiger partial charge in [-0.3, -0.25) is 9.59 Å². The van der Waals surface area contributed by atoms with Crippen molar-refractivity contribution in [3.63, 3.8) is 0 Å². The third kappa shape index (κ3) is 3.39. The van der Waals surface area contributed by atoms with Crippen LogP contribution in [0.3, 0.4) is 0 Å². The molecule has 1 saturated carbocycles. The summed E-state index contributed by atoms with van der Waals surface area (Å²) in [6.45, 7) is 0.394. The number of carbonyl (C=O) groups excluding carboxylic acids is 2. The molecule has 0 bridgehead atoms. The molecule has 1 aliphatic rings. The first kappa shape index (κ1) is 15.2. The third-order valence-corrected chi connectivity index (χ3v) is 4.02. The molecule has 5 heteroatoms. The van der Waals surface area contributed by atoms with Crippen molar-refractivity contribution in [1.82, 2.24) is 5.32 Å². The molecule has 0 saturated heterocycles. The average molecular weight is 312 g/mol. The van der Waals surface area contributed by atoms with E-state index in [4.69, 9.17) is 0 Å². The number of anilines is 1. The lowest BCUT2D eigenvalue weighted by atomic mass is 10.0. The molecule has 2 amide bonds. The van der Waals surface area contributed by atoms with E-state index >= 15 is 0 Å². The third-order valence-electron chi connectivity index (χ3n) is 4.02. The molecule has 0 unspecified atom stereocenters. The van der Waals surface area contributed by atoms with Crippen LogP contribution >= 0.6 is 0 Å². The second kappa shape index (κ2) is 6.20. The van der Waals surface area contributed by atoms with Crippen LogP contribution in [0.1, 0.15) is 18.4 Å². The number of hydrogen-bond acceptors (Lipinski definition) is 2. The SMILES string of the molecule is O=C(NCc1ccccc1)C1(C(=O)Nc2ccc(F)cc2)CC1. The van der Waals surface area contributed by atoms with E-state index in [0.717, 1.165) is 5.56 Å². The first-order valence-corrected chi connectivity index (χ1v) is 7.49. The van der Waals surface area contributed by atoms with Crippen LogP contribution in [0, 0.1) is 11.2 Å². The van der Waals surface area contributed by atoms with Crippen LogP contribution in [0.25, 0.3) is 0 Å². The predicted molar refractivity (Wildman–Crippen MR) is 85.0 cm³/mol. The number of nitrogens with one attached hydrogen (secondary N) is 2. The van der Waals surface area contributed by atoms with Crippen LogP contribution in [0.5, 0.6) is 0 Å². The zero-order chi connectivity index (χ0) is 16.3. The van der Waals surface area contributed by atoms with Gasteiger partial charge in [0.2, 0.25) is 11.8 Å². The summed E-state index contributed by atoms with van der Waals surface area (Å²) in [6.07, 6.45) is 1.06. The van der Waals surface area contributed by atoms with E-state index in [1.54, 1.807) is 0 Å². The summed E-state index contributed by atoms with van der Waals surface area (Å²) in [7, 11) is 0. The minimum atomic E-state index is -0.997. The molecule has 23 heavy (non-hydrogen) atoms. The van der Waals surface area contributed by atoms with Crippen molar-refractivity contribution in [1.29, 1.82) is 0 Å². The van der Waals surface area contributed by atoms with Crippen LogP contribution in [0.2, 0.25) is 0 Å². The van der Waals surface area contributed by atoms with Gasteiger partial charge < -0.3 is 10.6 Å². The van der Waals surface area contributed by atoms with Gasteiger partial charge in [-0.1, -0.05) is 30.3 Å². The first-order chi connectivity index (χ1) is 11.1. The second-order valence-corrected chi connectivity index (χ2v) is 5.71. The average Bonchev–Trinajstić information content (AvgIpc) is 3.38. The van der Waals surface area contributed by atoms with Crippen LogP contribution in [0.4, 0.5) is 10.1 Å². The van der Waals surface area contributed by atoms with Gasteiger partial charge in [0.25, 0.3) is 0 Å². The Morgan fingerprint density at radius 2 is 1.61 bits per heavy atom. The van der Waals surface area contributed by atoms with E-state index in [9.17, 15) is 14.0 Å². The molecule has 2 aromatic carbocycles. The van der Waals surface area contributed by atoms with Crippen molar-refractivity contribution in [2.24, 2.45) is 5.41 Å². The van der Waals surface area contributed by atoms with Gasteiger partial charge in [-0.15, -0.1) is 0 Å². The fourth-order valence-electron chi connectivity index (χ4n) is 2.41. The Bertz CT molecular complexity index is 710. The van der Waals surface area contributed by atoms with Gasteiger partial charge in [-0.2, -0.15) is 0 Å². The molecular formula is C18H17FN2O2. The fraction of sp³-hybridized carbons (Fsp3) is 0.222. The molecule has 2 N–H and O–H groups in total. The van der Waals surface area contributed by atoms with E-state index in [-0.39, 0.29) is 17.6 Å². The van der Waals surface area contributed by atoms with Gasteiger partial charge in [0.15, 0.2) is 0 Å². The Morgan fingerprint density at radius 3 is 2.22 bits per heavy atom. The maximum Gasteiger partial charge on any atom is 0.240 e. The summed E-state index contributed by atoms with van der Waals surface area (Å²) in [6, 6.07) is 15.0. The second-order valence-electron chi connectivity index (χ2n) is 5.71. The van der Waals surface area contributed by atoms with Crippen molar-refractivity contribution >= 4 is 17.5 Å². The molecule has 3 rings (SSSR count). The largest absolute Gasteiger partial charge is 0.351 e. The van der Waals surface area contributed by atoms with Crippen LogP contribution < -0.4 is 10.6 Å². The molecule has 1 fully saturated rings. The van der Waals surface area contributed by atoms with E-state index in [1.807, 2.05) is 30.3 Å². The summed E-state index contributed by atoms with van der Waals surface area (Å²) in [5.74, 6) is -0.972. The Balaban J connectivity index is 1.60. The zero-order valence-electron chi connectivity index (χ0n) is 12.5. The lowest BCUT2D eigenvalue weighted by molar-refractivity contribution is -0.134. The van der Waals surface area contributed by atoms with Crippen molar-refractivity contribution in [3.8, 4) is 0 Å². The van der Waals surface area contributed by atoms with Gasteiger partial charge in [-0.25, -0.2) is 4.39 Å². The first-order valence-electron chi connectivity index (χ1n) is 7.49. The van der Waals surface area contributed by atoms with E-state index in [1.165, 1.54) is 24.3 Å². The number of rotatable bonds is 5. The molecule has 0 aliphatic heterocycles. The molecule has 0 radical (unpaired) electrons. The lowest BCUT2D eigenvalue weighted by Crippen LogP contribution is -2.39. The topological polar surface area (TPSA) is 58.2 Å². The Labute approximate surface area is 133 Å².